The maximum Gasteiger partial charge on any atom is 0.259 e. The van der Waals surface area contributed by atoms with E-state index in [-0.39, 0.29) is 11.8 Å². The number of carbonyl (C=O) groups excluding carboxylic acids is 2. The maximum atomic E-state index is 12.0. The summed E-state index contributed by atoms with van der Waals surface area (Å²) < 4.78 is 5.33. The summed E-state index contributed by atoms with van der Waals surface area (Å²) in [6, 6.07) is -0.426. The zero-order valence-corrected chi connectivity index (χ0v) is 9.29. The van der Waals surface area contributed by atoms with Crippen LogP contribution in [-0.2, 0) is 14.3 Å². The molecule has 1 aromatic heterocycles. The van der Waals surface area contributed by atoms with Crippen LogP contribution in [0.5, 0.6) is 0 Å². The fraction of sp³-hybridized carbons (Fsp3) is 0.600. The third kappa shape index (κ3) is 1.46. The molecular weight excluding hydrogens is 224 g/mol. The smallest absolute Gasteiger partial charge is 0.259 e. The molecule has 3 rings (SSSR count). The molecule has 2 fully saturated rings. The van der Waals surface area contributed by atoms with Gasteiger partial charge in [-0.25, -0.2) is 4.98 Å². The summed E-state index contributed by atoms with van der Waals surface area (Å²) in [5.41, 5.74) is 0. The second-order valence-corrected chi connectivity index (χ2v) is 4.28. The highest BCUT2D eigenvalue weighted by Crippen LogP contribution is 2.32. The SMILES string of the molecule is CC(c1ncn[nH]1)N1C(=O)C2CCC(O2)C1=O. The van der Waals surface area contributed by atoms with Crippen molar-refractivity contribution in [3.8, 4) is 0 Å². The van der Waals surface area contributed by atoms with Crippen LogP contribution in [0.2, 0.25) is 0 Å². The van der Waals surface area contributed by atoms with Gasteiger partial charge in [0.1, 0.15) is 24.4 Å². The van der Waals surface area contributed by atoms with Gasteiger partial charge in [-0.15, -0.1) is 0 Å². The van der Waals surface area contributed by atoms with E-state index in [9.17, 15) is 9.59 Å². The van der Waals surface area contributed by atoms with Gasteiger partial charge in [0, 0.05) is 0 Å². The average Bonchev–Trinajstić information content (AvgIpc) is 2.98. The monoisotopic (exact) mass is 236 g/mol. The standard InChI is InChI=1S/C10H12N4O3/c1-5(8-11-4-12-13-8)14-9(15)6-2-3-7(17-6)10(14)16/h4-7H,2-3H2,1H3,(H,11,12,13). The van der Waals surface area contributed by atoms with E-state index >= 15 is 0 Å². The van der Waals surface area contributed by atoms with Crippen LogP contribution in [-0.4, -0.2) is 44.1 Å². The molecule has 3 atom stereocenters. The minimum Gasteiger partial charge on any atom is -0.355 e. The molecule has 17 heavy (non-hydrogen) atoms. The van der Waals surface area contributed by atoms with E-state index in [1.165, 1.54) is 11.2 Å². The Morgan fingerprint density at radius 3 is 2.59 bits per heavy atom. The van der Waals surface area contributed by atoms with E-state index in [1.807, 2.05) is 0 Å². The Balaban J connectivity index is 1.91. The molecule has 2 saturated heterocycles. The van der Waals surface area contributed by atoms with Gasteiger partial charge in [-0.05, 0) is 19.8 Å². The van der Waals surface area contributed by atoms with Crippen LogP contribution in [0.15, 0.2) is 6.33 Å². The van der Waals surface area contributed by atoms with E-state index in [0.29, 0.717) is 18.7 Å². The zero-order chi connectivity index (χ0) is 12.0. The number of nitrogens with one attached hydrogen (secondary N) is 1. The van der Waals surface area contributed by atoms with E-state index in [1.54, 1.807) is 6.92 Å². The van der Waals surface area contributed by atoms with Gasteiger partial charge < -0.3 is 4.74 Å². The van der Waals surface area contributed by atoms with Crippen molar-refractivity contribution in [1.82, 2.24) is 20.1 Å². The lowest BCUT2D eigenvalue weighted by Gasteiger charge is -2.33. The first-order valence-corrected chi connectivity index (χ1v) is 5.56. The predicted octanol–water partition coefficient (Wildman–Crippen LogP) is -0.218. The zero-order valence-electron chi connectivity index (χ0n) is 9.29. The number of amides is 2. The van der Waals surface area contributed by atoms with Crippen molar-refractivity contribution in [2.24, 2.45) is 0 Å². The molecule has 0 aliphatic carbocycles. The molecular formula is C10H12N4O3. The summed E-state index contributed by atoms with van der Waals surface area (Å²) >= 11 is 0. The normalized spacial score (nSPS) is 29.8. The Bertz CT molecular complexity index is 436. The van der Waals surface area contributed by atoms with Crippen molar-refractivity contribution in [3.63, 3.8) is 0 Å². The van der Waals surface area contributed by atoms with Gasteiger partial charge >= 0.3 is 0 Å². The van der Waals surface area contributed by atoms with Crippen LogP contribution in [0, 0.1) is 0 Å². The van der Waals surface area contributed by atoms with Crippen molar-refractivity contribution in [2.75, 3.05) is 0 Å². The van der Waals surface area contributed by atoms with Gasteiger partial charge in [-0.2, -0.15) is 5.10 Å². The number of aromatic amines is 1. The highest BCUT2D eigenvalue weighted by atomic mass is 16.5. The lowest BCUT2D eigenvalue weighted by molar-refractivity contribution is -0.171. The summed E-state index contributed by atoms with van der Waals surface area (Å²) in [7, 11) is 0. The lowest BCUT2D eigenvalue weighted by Crippen LogP contribution is -2.52. The fourth-order valence-corrected chi connectivity index (χ4v) is 2.34. The number of rotatable bonds is 2. The molecule has 2 bridgehead atoms. The van der Waals surface area contributed by atoms with E-state index in [2.05, 4.69) is 15.2 Å². The molecule has 2 aliphatic heterocycles. The first-order valence-electron chi connectivity index (χ1n) is 5.56. The summed E-state index contributed by atoms with van der Waals surface area (Å²) in [6.45, 7) is 1.75. The number of H-pyrrole nitrogens is 1. The number of hydrogen-bond donors (Lipinski definition) is 1. The van der Waals surface area contributed by atoms with Crippen LogP contribution >= 0.6 is 0 Å². The topological polar surface area (TPSA) is 88.2 Å². The number of fused-ring (bicyclic) bond motifs is 2. The Kier molecular flexibility index (Phi) is 2.22. The van der Waals surface area contributed by atoms with Gasteiger partial charge in [0.25, 0.3) is 11.8 Å². The molecule has 3 heterocycles. The van der Waals surface area contributed by atoms with Gasteiger partial charge in [0.2, 0.25) is 0 Å². The molecule has 0 saturated carbocycles. The Morgan fingerprint density at radius 2 is 2.06 bits per heavy atom. The molecule has 0 spiro atoms. The number of nitrogens with zero attached hydrogens (tertiary/aromatic N) is 3. The second kappa shape index (κ2) is 3.63. The molecule has 1 N–H and O–H groups in total. The summed E-state index contributed by atoms with van der Waals surface area (Å²) in [6.07, 6.45) is 1.66. The van der Waals surface area contributed by atoms with Crippen molar-refractivity contribution in [3.05, 3.63) is 12.2 Å². The third-order valence-electron chi connectivity index (χ3n) is 3.26. The van der Waals surface area contributed by atoms with E-state index in [4.69, 9.17) is 4.74 Å². The van der Waals surface area contributed by atoms with Crippen molar-refractivity contribution in [2.45, 2.75) is 38.0 Å². The first kappa shape index (κ1) is 10.4. The molecule has 0 radical (unpaired) electrons. The molecule has 7 nitrogen and oxygen atoms in total. The molecule has 2 aliphatic rings. The van der Waals surface area contributed by atoms with Crippen molar-refractivity contribution in [1.29, 1.82) is 0 Å². The number of ether oxygens (including phenoxy) is 1. The number of carbonyl (C=O) groups is 2. The quantitative estimate of drug-likeness (QED) is 0.717. The summed E-state index contributed by atoms with van der Waals surface area (Å²) in [5, 5.41) is 6.40. The molecule has 3 unspecified atom stereocenters. The lowest BCUT2D eigenvalue weighted by atomic mass is 10.2. The minimum absolute atomic E-state index is 0.271. The number of morpholine rings is 1. The van der Waals surface area contributed by atoms with Gasteiger partial charge in [0.05, 0.1) is 6.04 Å². The van der Waals surface area contributed by atoms with Crippen LogP contribution in [0.3, 0.4) is 0 Å². The largest absolute Gasteiger partial charge is 0.355 e. The van der Waals surface area contributed by atoms with Gasteiger partial charge in [-0.1, -0.05) is 0 Å². The number of hydrogen-bond acceptors (Lipinski definition) is 5. The highest BCUT2D eigenvalue weighted by Gasteiger charge is 2.48. The number of aromatic nitrogens is 3. The Hall–Kier alpha value is -1.76. The average molecular weight is 236 g/mol. The van der Waals surface area contributed by atoms with Crippen molar-refractivity contribution >= 4 is 11.8 Å². The van der Waals surface area contributed by atoms with E-state index in [0.717, 1.165) is 0 Å². The fourth-order valence-electron chi connectivity index (χ4n) is 2.34. The third-order valence-corrected chi connectivity index (χ3v) is 3.26. The predicted molar refractivity (Wildman–Crippen MR) is 54.5 cm³/mol. The number of likely N-dealkylation sites (tertiary alicyclic amines) is 1. The molecule has 2 amide bonds. The van der Waals surface area contributed by atoms with Crippen LogP contribution in [0.4, 0.5) is 0 Å². The van der Waals surface area contributed by atoms with Gasteiger partial charge in [-0.3, -0.25) is 19.6 Å². The van der Waals surface area contributed by atoms with Gasteiger partial charge in [0.15, 0.2) is 0 Å². The first-order chi connectivity index (χ1) is 8.18. The Labute approximate surface area is 97.2 Å². The highest BCUT2D eigenvalue weighted by molar-refractivity contribution is 6.02. The molecule has 7 heteroatoms. The second-order valence-electron chi connectivity index (χ2n) is 4.28. The molecule has 0 aromatic carbocycles. The van der Waals surface area contributed by atoms with Crippen LogP contribution in [0.25, 0.3) is 0 Å². The van der Waals surface area contributed by atoms with E-state index < -0.39 is 18.2 Å². The maximum absolute atomic E-state index is 12.0. The Morgan fingerprint density at radius 1 is 1.41 bits per heavy atom. The minimum atomic E-state index is -0.469. The molecule has 90 valence electrons. The number of imide groups is 1. The van der Waals surface area contributed by atoms with Crippen molar-refractivity contribution < 1.29 is 14.3 Å². The summed E-state index contributed by atoms with van der Waals surface area (Å²) in [5.74, 6) is -0.0340. The molecule has 1 aromatic rings. The summed E-state index contributed by atoms with van der Waals surface area (Å²) in [4.78, 5) is 29.3. The van der Waals surface area contributed by atoms with Crippen LogP contribution in [0.1, 0.15) is 31.6 Å². The van der Waals surface area contributed by atoms with Crippen LogP contribution < -0.4 is 0 Å².